The summed E-state index contributed by atoms with van der Waals surface area (Å²) in [7, 11) is 0. The average Bonchev–Trinajstić information content (AvgIpc) is 2.93. The van der Waals surface area contributed by atoms with Crippen LogP contribution in [0.25, 0.3) is 10.9 Å². The van der Waals surface area contributed by atoms with Crippen LogP contribution in [0, 0.1) is 11.8 Å². The maximum atomic E-state index is 4.70. The fraction of sp³-hybridized carbons (Fsp3) is 0.381. The first kappa shape index (κ1) is 16.7. The van der Waals surface area contributed by atoms with Crippen LogP contribution in [-0.2, 0) is 0 Å². The second kappa shape index (κ2) is 8.07. The van der Waals surface area contributed by atoms with E-state index < -0.39 is 0 Å². The van der Waals surface area contributed by atoms with Gasteiger partial charge in [0.25, 0.3) is 0 Å². The average molecular weight is 352 g/mol. The van der Waals surface area contributed by atoms with Gasteiger partial charge in [0.1, 0.15) is 5.82 Å². The summed E-state index contributed by atoms with van der Waals surface area (Å²) >= 11 is 1.71. The van der Waals surface area contributed by atoms with Gasteiger partial charge in [-0.2, -0.15) is 0 Å². The van der Waals surface area contributed by atoms with E-state index in [1.54, 1.807) is 12.1 Å². The number of benzene rings is 1. The third kappa shape index (κ3) is 4.25. The van der Waals surface area contributed by atoms with E-state index in [2.05, 4.69) is 63.7 Å². The minimum atomic E-state index is 0.741. The smallest absolute Gasteiger partial charge is 0.137 e. The third-order valence-corrected chi connectivity index (χ3v) is 6.15. The molecule has 0 bridgehead atoms. The molecule has 1 saturated heterocycles. The summed E-state index contributed by atoms with van der Waals surface area (Å²) in [4.78, 5) is 4.70. The molecule has 1 aliphatic heterocycles. The van der Waals surface area contributed by atoms with Crippen LogP contribution in [0.1, 0.15) is 25.7 Å². The molecule has 1 fully saturated rings. The van der Waals surface area contributed by atoms with Gasteiger partial charge in [-0.15, -0.1) is 0 Å². The number of para-hydroxylation sites is 1. The topological polar surface area (TPSA) is 28.2 Å². The van der Waals surface area contributed by atoms with Crippen LogP contribution in [0.5, 0.6) is 0 Å². The van der Waals surface area contributed by atoms with Crippen LogP contribution in [0.2, 0.25) is 0 Å². The molecule has 25 heavy (non-hydrogen) atoms. The van der Waals surface area contributed by atoms with Crippen molar-refractivity contribution < 1.29 is 0 Å². The third-order valence-electron chi connectivity index (χ3n) is 5.23. The van der Waals surface area contributed by atoms with Crippen molar-refractivity contribution in [2.45, 2.75) is 25.7 Å². The molecule has 0 radical (unpaired) electrons. The molecule has 1 N–H and O–H groups in total. The normalized spacial score (nSPS) is 24.3. The van der Waals surface area contributed by atoms with E-state index in [1.807, 2.05) is 6.07 Å². The lowest BCUT2D eigenvalue weighted by Gasteiger charge is -2.24. The number of fused-ring (bicyclic) bond motifs is 1. The number of pyridine rings is 1. The van der Waals surface area contributed by atoms with Crippen molar-refractivity contribution in [1.82, 2.24) is 9.29 Å². The van der Waals surface area contributed by atoms with Gasteiger partial charge in [0.2, 0.25) is 0 Å². The van der Waals surface area contributed by atoms with Crippen molar-refractivity contribution in [2.75, 3.05) is 17.8 Å². The van der Waals surface area contributed by atoms with Crippen molar-refractivity contribution >= 4 is 28.9 Å². The quantitative estimate of drug-likeness (QED) is 0.742. The van der Waals surface area contributed by atoms with Gasteiger partial charge in [-0.1, -0.05) is 42.5 Å². The molecule has 2 unspecified atom stereocenters. The van der Waals surface area contributed by atoms with Crippen molar-refractivity contribution in [3.05, 3.63) is 60.7 Å². The molecule has 1 aliphatic carbocycles. The Bertz CT molecular complexity index is 771. The van der Waals surface area contributed by atoms with Crippen LogP contribution < -0.4 is 4.72 Å². The van der Waals surface area contributed by atoms with Gasteiger partial charge >= 0.3 is 0 Å². The fourth-order valence-electron chi connectivity index (χ4n) is 3.80. The summed E-state index contributed by atoms with van der Waals surface area (Å²) in [5.74, 6) is 2.50. The highest BCUT2D eigenvalue weighted by Crippen LogP contribution is 2.32. The Labute approximate surface area is 154 Å². The van der Waals surface area contributed by atoms with Gasteiger partial charge in [0.05, 0.1) is 5.52 Å². The zero-order chi connectivity index (χ0) is 16.9. The van der Waals surface area contributed by atoms with Gasteiger partial charge in [0, 0.05) is 30.6 Å². The Morgan fingerprint density at radius 2 is 2.00 bits per heavy atom. The molecule has 4 rings (SSSR count). The van der Waals surface area contributed by atoms with Gasteiger partial charge < -0.3 is 4.72 Å². The molecule has 2 aromatic rings. The number of nitrogens with zero attached hydrogens (tertiary/aromatic N) is 2. The van der Waals surface area contributed by atoms with Crippen molar-refractivity contribution in [3.63, 3.8) is 0 Å². The van der Waals surface area contributed by atoms with Crippen molar-refractivity contribution in [2.24, 2.45) is 11.8 Å². The summed E-state index contributed by atoms with van der Waals surface area (Å²) in [5, 5.41) is 1.19. The minimum absolute atomic E-state index is 0.741. The number of hydrogen-bond donors (Lipinski definition) is 1. The lowest BCUT2D eigenvalue weighted by molar-refractivity contribution is 0.353. The van der Waals surface area contributed by atoms with Gasteiger partial charge in [-0.25, -0.2) is 9.29 Å². The van der Waals surface area contributed by atoms with Crippen LogP contribution in [0.4, 0.5) is 5.82 Å². The SMILES string of the molecule is C1=CCC(C2CCCN(SNc3ccc4ccccc4n3)CC2)C=C1. The molecule has 0 amide bonds. The standard InChI is InChI=1S/C21H25N3S/c1-2-7-17(8-3-1)18-10-6-15-24(16-14-18)25-23-21-13-12-19-9-4-5-11-20(19)22-21/h1-5,7,9,11-13,17-18H,6,8,10,14-16H2,(H,22,23). The maximum absolute atomic E-state index is 4.70. The van der Waals surface area contributed by atoms with E-state index in [0.717, 1.165) is 36.3 Å². The number of hydrogen-bond acceptors (Lipinski definition) is 4. The molecule has 2 atom stereocenters. The Kier molecular flexibility index (Phi) is 5.38. The summed E-state index contributed by atoms with van der Waals surface area (Å²) in [5.41, 5.74) is 1.04. The first-order valence-electron chi connectivity index (χ1n) is 9.25. The van der Waals surface area contributed by atoms with E-state index >= 15 is 0 Å². The molecular weight excluding hydrogens is 326 g/mol. The lowest BCUT2D eigenvalue weighted by Crippen LogP contribution is -2.20. The largest absolute Gasteiger partial charge is 0.301 e. The van der Waals surface area contributed by atoms with Crippen molar-refractivity contribution in [3.8, 4) is 0 Å². The van der Waals surface area contributed by atoms with Crippen molar-refractivity contribution in [1.29, 1.82) is 0 Å². The van der Waals surface area contributed by atoms with E-state index in [1.165, 1.54) is 31.1 Å². The maximum Gasteiger partial charge on any atom is 0.137 e. The molecule has 1 aromatic heterocycles. The monoisotopic (exact) mass is 351 g/mol. The number of nitrogens with one attached hydrogen (secondary N) is 1. The van der Waals surface area contributed by atoms with Gasteiger partial charge in [-0.3, -0.25) is 0 Å². The Balaban J connectivity index is 1.32. The number of allylic oxidation sites excluding steroid dienone is 4. The highest BCUT2D eigenvalue weighted by atomic mass is 32.2. The van der Waals surface area contributed by atoms with E-state index in [0.29, 0.717) is 0 Å². The molecule has 0 saturated carbocycles. The Morgan fingerprint density at radius 3 is 2.92 bits per heavy atom. The van der Waals surface area contributed by atoms with E-state index in [-0.39, 0.29) is 0 Å². The van der Waals surface area contributed by atoms with E-state index in [4.69, 9.17) is 4.98 Å². The summed E-state index contributed by atoms with van der Waals surface area (Å²) in [6.07, 6.45) is 14.2. The van der Waals surface area contributed by atoms with Crippen LogP contribution in [0.3, 0.4) is 0 Å². The second-order valence-electron chi connectivity index (χ2n) is 6.92. The van der Waals surface area contributed by atoms with Crippen LogP contribution in [-0.4, -0.2) is 22.4 Å². The van der Waals surface area contributed by atoms with Gasteiger partial charge in [0.15, 0.2) is 0 Å². The Morgan fingerprint density at radius 1 is 1.04 bits per heavy atom. The minimum Gasteiger partial charge on any atom is -0.301 e. The molecule has 1 aromatic carbocycles. The molecule has 130 valence electrons. The molecular formula is C21H25N3S. The second-order valence-corrected chi connectivity index (χ2v) is 7.82. The Hall–Kier alpha value is -1.78. The predicted molar refractivity (Wildman–Crippen MR) is 108 cm³/mol. The fourth-order valence-corrected chi connectivity index (χ4v) is 4.55. The zero-order valence-electron chi connectivity index (χ0n) is 14.5. The summed E-state index contributed by atoms with van der Waals surface area (Å²) in [6, 6.07) is 12.4. The molecule has 3 nitrogen and oxygen atoms in total. The molecule has 2 heterocycles. The highest BCUT2D eigenvalue weighted by Gasteiger charge is 2.23. The first-order chi connectivity index (χ1) is 12.4. The lowest BCUT2D eigenvalue weighted by atomic mass is 9.82. The number of aromatic nitrogens is 1. The highest BCUT2D eigenvalue weighted by molar-refractivity contribution is 7.98. The number of rotatable bonds is 4. The van der Waals surface area contributed by atoms with Gasteiger partial charge in [-0.05, 0) is 55.7 Å². The summed E-state index contributed by atoms with van der Waals surface area (Å²) in [6.45, 7) is 2.29. The molecule has 0 spiro atoms. The molecule has 4 heteroatoms. The predicted octanol–water partition coefficient (Wildman–Crippen LogP) is 5.44. The molecule has 2 aliphatic rings. The zero-order valence-corrected chi connectivity index (χ0v) is 15.3. The van der Waals surface area contributed by atoms with Crippen LogP contribution in [0.15, 0.2) is 60.7 Å². The van der Waals surface area contributed by atoms with Crippen LogP contribution >= 0.6 is 12.1 Å². The van der Waals surface area contributed by atoms with E-state index in [9.17, 15) is 0 Å². The number of anilines is 1. The first-order valence-corrected chi connectivity index (χ1v) is 10.0. The summed E-state index contributed by atoms with van der Waals surface area (Å²) < 4.78 is 5.89.